The number of carbonyl (C=O) groups is 1. The lowest BCUT2D eigenvalue weighted by molar-refractivity contribution is -0.121. The van der Waals surface area contributed by atoms with Gasteiger partial charge < -0.3 is 19.7 Å². The molecule has 0 saturated carbocycles. The first kappa shape index (κ1) is 21.2. The standard InChI is InChI=1S/C24H25N3O3S/c1-29-15-16-30-24-18(7-6-13-25-24)17-26-23(28)12-14-27-19-8-2-4-10-21(19)31-22-11-5-3-9-20(22)27/h2-11,13H,12,14-17H2,1H3,(H,26,28). The molecule has 31 heavy (non-hydrogen) atoms. The van der Waals surface area contributed by atoms with Gasteiger partial charge in [0.05, 0.1) is 18.0 Å². The Kier molecular flexibility index (Phi) is 7.07. The van der Waals surface area contributed by atoms with E-state index in [-0.39, 0.29) is 5.91 Å². The van der Waals surface area contributed by atoms with Crippen LogP contribution in [0.2, 0.25) is 0 Å². The zero-order valence-corrected chi connectivity index (χ0v) is 18.2. The Hall–Kier alpha value is -3.03. The Morgan fingerprint density at radius 3 is 2.42 bits per heavy atom. The van der Waals surface area contributed by atoms with E-state index in [2.05, 4.69) is 39.5 Å². The van der Waals surface area contributed by atoms with Crippen LogP contribution in [0.15, 0.2) is 76.7 Å². The maximum absolute atomic E-state index is 12.6. The van der Waals surface area contributed by atoms with E-state index in [1.807, 2.05) is 36.4 Å². The van der Waals surface area contributed by atoms with Crippen LogP contribution in [0.5, 0.6) is 5.88 Å². The molecule has 0 aliphatic carbocycles. The molecule has 2 aromatic carbocycles. The summed E-state index contributed by atoms with van der Waals surface area (Å²) >= 11 is 1.77. The number of carbonyl (C=O) groups excluding carboxylic acids is 1. The molecule has 1 aliphatic rings. The number of anilines is 2. The summed E-state index contributed by atoms with van der Waals surface area (Å²) in [7, 11) is 1.63. The highest BCUT2D eigenvalue weighted by atomic mass is 32.2. The van der Waals surface area contributed by atoms with E-state index in [9.17, 15) is 4.79 Å². The third-order valence-electron chi connectivity index (χ3n) is 4.95. The maximum atomic E-state index is 12.6. The van der Waals surface area contributed by atoms with Gasteiger partial charge >= 0.3 is 0 Å². The lowest BCUT2D eigenvalue weighted by Crippen LogP contribution is -2.29. The maximum Gasteiger partial charge on any atom is 0.222 e. The van der Waals surface area contributed by atoms with Gasteiger partial charge in [-0.3, -0.25) is 4.79 Å². The monoisotopic (exact) mass is 435 g/mol. The number of amides is 1. The largest absolute Gasteiger partial charge is 0.475 e. The van der Waals surface area contributed by atoms with Crippen LogP contribution < -0.4 is 15.0 Å². The predicted molar refractivity (Wildman–Crippen MR) is 122 cm³/mol. The molecule has 1 aliphatic heterocycles. The molecule has 160 valence electrons. The number of para-hydroxylation sites is 2. The Labute approximate surface area is 186 Å². The smallest absolute Gasteiger partial charge is 0.222 e. The van der Waals surface area contributed by atoms with Crippen molar-refractivity contribution in [3.63, 3.8) is 0 Å². The van der Waals surface area contributed by atoms with Gasteiger partial charge in [0.25, 0.3) is 0 Å². The lowest BCUT2D eigenvalue weighted by Gasteiger charge is -2.32. The normalized spacial score (nSPS) is 12.1. The van der Waals surface area contributed by atoms with Gasteiger partial charge in [-0.2, -0.15) is 0 Å². The fourth-order valence-electron chi connectivity index (χ4n) is 3.43. The molecule has 0 bridgehead atoms. The van der Waals surface area contributed by atoms with E-state index < -0.39 is 0 Å². The van der Waals surface area contributed by atoms with Gasteiger partial charge in [-0.1, -0.05) is 42.1 Å². The highest BCUT2D eigenvalue weighted by Crippen LogP contribution is 2.47. The lowest BCUT2D eigenvalue weighted by atomic mass is 10.2. The van der Waals surface area contributed by atoms with Gasteiger partial charge in [-0.15, -0.1) is 0 Å². The zero-order chi connectivity index (χ0) is 21.5. The van der Waals surface area contributed by atoms with Crippen molar-refractivity contribution in [3.8, 4) is 5.88 Å². The van der Waals surface area contributed by atoms with Gasteiger partial charge in [-0.25, -0.2) is 4.98 Å². The number of nitrogens with one attached hydrogen (secondary N) is 1. The average Bonchev–Trinajstić information content (AvgIpc) is 2.81. The number of benzene rings is 2. The van der Waals surface area contributed by atoms with Crippen LogP contribution in [0.4, 0.5) is 11.4 Å². The van der Waals surface area contributed by atoms with E-state index in [4.69, 9.17) is 9.47 Å². The van der Waals surface area contributed by atoms with Crippen LogP contribution in [0.1, 0.15) is 12.0 Å². The van der Waals surface area contributed by atoms with Crippen LogP contribution >= 0.6 is 11.8 Å². The van der Waals surface area contributed by atoms with Crippen LogP contribution in [0.3, 0.4) is 0 Å². The van der Waals surface area contributed by atoms with Crippen molar-refractivity contribution in [2.75, 3.05) is 31.8 Å². The molecular formula is C24H25N3O3S. The van der Waals surface area contributed by atoms with E-state index in [1.54, 1.807) is 25.1 Å². The summed E-state index contributed by atoms with van der Waals surface area (Å²) in [6.07, 6.45) is 2.06. The summed E-state index contributed by atoms with van der Waals surface area (Å²) in [6.45, 7) is 1.88. The third-order valence-corrected chi connectivity index (χ3v) is 6.08. The molecule has 0 unspecified atom stereocenters. The van der Waals surface area contributed by atoms with E-state index in [0.29, 0.717) is 38.6 Å². The first-order chi connectivity index (χ1) is 15.3. The molecule has 1 N–H and O–H groups in total. The molecule has 4 rings (SSSR count). The molecule has 0 radical (unpaired) electrons. The summed E-state index contributed by atoms with van der Waals surface area (Å²) in [5, 5.41) is 3.00. The minimum Gasteiger partial charge on any atom is -0.475 e. The minimum absolute atomic E-state index is 0.0140. The van der Waals surface area contributed by atoms with Crippen molar-refractivity contribution in [2.45, 2.75) is 22.8 Å². The van der Waals surface area contributed by atoms with E-state index >= 15 is 0 Å². The van der Waals surface area contributed by atoms with E-state index in [0.717, 1.165) is 16.9 Å². The predicted octanol–water partition coefficient (Wildman–Crippen LogP) is 4.42. The number of aromatic nitrogens is 1. The molecule has 0 spiro atoms. The zero-order valence-electron chi connectivity index (χ0n) is 17.4. The molecule has 7 heteroatoms. The first-order valence-corrected chi connectivity index (χ1v) is 11.0. The summed E-state index contributed by atoms with van der Waals surface area (Å²) in [4.78, 5) is 21.5. The SMILES string of the molecule is COCCOc1ncccc1CNC(=O)CCN1c2ccccc2Sc2ccccc21. The van der Waals surface area contributed by atoms with Gasteiger partial charge in [0, 0.05) is 48.2 Å². The van der Waals surface area contributed by atoms with Gasteiger partial charge in [0.15, 0.2) is 0 Å². The van der Waals surface area contributed by atoms with Crippen LogP contribution in [-0.2, 0) is 16.1 Å². The molecule has 0 atom stereocenters. The topological polar surface area (TPSA) is 63.7 Å². The molecule has 0 saturated heterocycles. The number of ether oxygens (including phenoxy) is 2. The number of hydrogen-bond acceptors (Lipinski definition) is 6. The summed E-state index contributed by atoms with van der Waals surface area (Å²) in [6, 6.07) is 20.4. The number of nitrogens with zero attached hydrogens (tertiary/aromatic N) is 2. The number of rotatable bonds is 9. The fraction of sp³-hybridized carbons (Fsp3) is 0.250. The third kappa shape index (κ3) is 5.18. The van der Waals surface area contributed by atoms with E-state index in [1.165, 1.54) is 9.79 Å². The summed E-state index contributed by atoms with van der Waals surface area (Å²) < 4.78 is 10.7. The van der Waals surface area contributed by atoms with Gasteiger partial charge in [-0.05, 0) is 30.3 Å². The van der Waals surface area contributed by atoms with Crippen molar-refractivity contribution >= 4 is 29.0 Å². The van der Waals surface area contributed by atoms with Crippen molar-refractivity contribution < 1.29 is 14.3 Å². The highest BCUT2D eigenvalue weighted by Gasteiger charge is 2.23. The molecule has 6 nitrogen and oxygen atoms in total. The highest BCUT2D eigenvalue weighted by molar-refractivity contribution is 7.99. The molecule has 0 fully saturated rings. The van der Waals surface area contributed by atoms with Crippen molar-refractivity contribution in [3.05, 3.63) is 72.4 Å². The first-order valence-electron chi connectivity index (χ1n) is 10.2. The second-order valence-corrected chi connectivity index (χ2v) is 8.11. The van der Waals surface area contributed by atoms with Crippen LogP contribution in [0.25, 0.3) is 0 Å². The van der Waals surface area contributed by atoms with Crippen molar-refractivity contribution in [2.24, 2.45) is 0 Å². The molecule has 3 aromatic rings. The molecular weight excluding hydrogens is 410 g/mol. The number of hydrogen-bond donors (Lipinski definition) is 1. The van der Waals surface area contributed by atoms with Gasteiger partial charge in [0.2, 0.25) is 11.8 Å². The average molecular weight is 436 g/mol. The number of fused-ring (bicyclic) bond motifs is 2. The molecule has 2 heterocycles. The fourth-order valence-corrected chi connectivity index (χ4v) is 4.52. The second-order valence-electron chi connectivity index (χ2n) is 7.02. The minimum atomic E-state index is -0.0140. The van der Waals surface area contributed by atoms with Crippen LogP contribution in [0, 0.1) is 0 Å². The summed E-state index contributed by atoms with van der Waals surface area (Å²) in [5.74, 6) is 0.510. The second kappa shape index (κ2) is 10.3. The van der Waals surface area contributed by atoms with Crippen LogP contribution in [-0.4, -0.2) is 37.8 Å². The Morgan fingerprint density at radius 1 is 1.00 bits per heavy atom. The Bertz CT molecular complexity index is 998. The number of pyridine rings is 1. The Balaban J connectivity index is 1.38. The summed E-state index contributed by atoms with van der Waals surface area (Å²) in [5.41, 5.74) is 3.12. The van der Waals surface area contributed by atoms with Crippen molar-refractivity contribution in [1.29, 1.82) is 0 Å². The molecule has 1 aromatic heterocycles. The number of methoxy groups -OCH3 is 1. The molecule has 1 amide bonds. The quantitative estimate of drug-likeness (QED) is 0.502. The van der Waals surface area contributed by atoms with Crippen molar-refractivity contribution in [1.82, 2.24) is 10.3 Å². The Morgan fingerprint density at radius 2 is 1.71 bits per heavy atom. The van der Waals surface area contributed by atoms with Gasteiger partial charge in [0.1, 0.15) is 6.61 Å².